The molecule has 3 heteroatoms. The molecular weight excluding hydrogens is 205 g/mol. The van der Waals surface area contributed by atoms with Crippen molar-refractivity contribution < 1.29 is 9.13 Å². The van der Waals surface area contributed by atoms with Gasteiger partial charge in [0.1, 0.15) is 5.75 Å². The van der Waals surface area contributed by atoms with Gasteiger partial charge in [-0.3, -0.25) is 0 Å². The van der Waals surface area contributed by atoms with Gasteiger partial charge in [0, 0.05) is 17.1 Å². The molecule has 0 aliphatic rings. The van der Waals surface area contributed by atoms with Crippen LogP contribution < -0.4 is 4.74 Å². The first-order chi connectivity index (χ1) is 7.67. The minimum atomic E-state index is -0.250. The van der Waals surface area contributed by atoms with E-state index in [1.807, 2.05) is 13.0 Å². The quantitative estimate of drug-likeness (QED) is 0.842. The third kappa shape index (κ3) is 1.66. The largest absolute Gasteiger partial charge is 0.497 e. The fourth-order valence-corrected chi connectivity index (χ4v) is 2.10. The van der Waals surface area contributed by atoms with Crippen LogP contribution in [0.5, 0.6) is 5.75 Å². The second-order valence-electron chi connectivity index (χ2n) is 4.01. The fraction of sp³-hybridized carbons (Fsp3) is 0.385. The van der Waals surface area contributed by atoms with Crippen molar-refractivity contribution in [2.45, 2.75) is 26.7 Å². The summed E-state index contributed by atoms with van der Waals surface area (Å²) in [5, 5.41) is 0.941. The summed E-state index contributed by atoms with van der Waals surface area (Å²) >= 11 is 0. The molecule has 0 aliphatic carbocycles. The van der Waals surface area contributed by atoms with Crippen molar-refractivity contribution in [2.75, 3.05) is 7.11 Å². The van der Waals surface area contributed by atoms with Crippen molar-refractivity contribution in [3.8, 4) is 5.75 Å². The van der Waals surface area contributed by atoms with Crippen LogP contribution in [0.2, 0.25) is 0 Å². The third-order valence-corrected chi connectivity index (χ3v) is 2.89. The number of rotatable bonds is 3. The summed E-state index contributed by atoms with van der Waals surface area (Å²) in [7, 11) is 1.56. The third-order valence-electron chi connectivity index (χ3n) is 2.89. The topological polar surface area (TPSA) is 25.0 Å². The van der Waals surface area contributed by atoms with Crippen LogP contribution in [0.25, 0.3) is 10.9 Å². The molecule has 2 rings (SSSR count). The molecule has 1 heterocycles. The van der Waals surface area contributed by atoms with Crippen molar-refractivity contribution in [2.24, 2.45) is 0 Å². The highest BCUT2D eigenvalue weighted by Gasteiger charge is 2.12. The van der Waals surface area contributed by atoms with Gasteiger partial charge in [0.15, 0.2) is 5.82 Å². The number of fused-ring (bicyclic) bond motifs is 1. The van der Waals surface area contributed by atoms with Gasteiger partial charge >= 0.3 is 0 Å². The number of aryl methyl sites for hydroxylation is 2. The van der Waals surface area contributed by atoms with Crippen LogP contribution in [-0.2, 0) is 6.42 Å². The second-order valence-corrected chi connectivity index (χ2v) is 4.01. The molecule has 0 fully saturated rings. The van der Waals surface area contributed by atoms with E-state index in [4.69, 9.17) is 4.74 Å². The van der Waals surface area contributed by atoms with E-state index < -0.39 is 0 Å². The van der Waals surface area contributed by atoms with Crippen molar-refractivity contribution in [1.29, 1.82) is 0 Å². The van der Waals surface area contributed by atoms with E-state index in [0.717, 1.165) is 23.9 Å². The SMILES string of the molecule is CCCc1c(C)[nH]c2c(F)cc(OC)cc12. The van der Waals surface area contributed by atoms with Gasteiger partial charge in [-0.2, -0.15) is 0 Å². The lowest BCUT2D eigenvalue weighted by Crippen LogP contribution is -1.87. The summed E-state index contributed by atoms with van der Waals surface area (Å²) < 4.78 is 18.8. The Morgan fingerprint density at radius 2 is 2.12 bits per heavy atom. The summed E-state index contributed by atoms with van der Waals surface area (Å²) in [5.41, 5.74) is 2.82. The molecule has 16 heavy (non-hydrogen) atoms. The highest BCUT2D eigenvalue weighted by atomic mass is 19.1. The van der Waals surface area contributed by atoms with Gasteiger partial charge < -0.3 is 9.72 Å². The monoisotopic (exact) mass is 221 g/mol. The smallest absolute Gasteiger partial charge is 0.150 e. The number of hydrogen-bond donors (Lipinski definition) is 1. The molecule has 1 aromatic carbocycles. The lowest BCUT2D eigenvalue weighted by atomic mass is 10.1. The van der Waals surface area contributed by atoms with Crippen LogP contribution in [0.3, 0.4) is 0 Å². The standard InChI is InChI=1S/C13H16FNO/c1-4-5-10-8(2)15-13-11(10)6-9(16-3)7-12(13)14/h6-7,15H,4-5H2,1-3H3. The predicted octanol–water partition coefficient (Wildman–Crippen LogP) is 3.58. The lowest BCUT2D eigenvalue weighted by molar-refractivity contribution is 0.412. The van der Waals surface area contributed by atoms with Crippen LogP contribution in [0.1, 0.15) is 24.6 Å². The van der Waals surface area contributed by atoms with Gasteiger partial charge in [-0.15, -0.1) is 0 Å². The number of halogens is 1. The molecule has 0 saturated carbocycles. The molecule has 0 atom stereocenters. The first-order valence-corrected chi connectivity index (χ1v) is 5.52. The number of hydrogen-bond acceptors (Lipinski definition) is 1. The van der Waals surface area contributed by atoms with E-state index in [0.29, 0.717) is 11.3 Å². The maximum absolute atomic E-state index is 13.8. The summed E-state index contributed by atoms with van der Waals surface area (Å²) in [6, 6.07) is 3.31. The number of aromatic amines is 1. The Bertz CT molecular complexity index is 516. The zero-order valence-corrected chi connectivity index (χ0v) is 9.86. The second kappa shape index (κ2) is 4.16. The first-order valence-electron chi connectivity index (χ1n) is 5.52. The van der Waals surface area contributed by atoms with Gasteiger partial charge in [-0.05, 0) is 25.0 Å². The highest BCUT2D eigenvalue weighted by molar-refractivity contribution is 5.86. The zero-order valence-electron chi connectivity index (χ0n) is 9.86. The molecule has 0 bridgehead atoms. The Morgan fingerprint density at radius 1 is 1.38 bits per heavy atom. The van der Waals surface area contributed by atoms with Gasteiger partial charge in [0.25, 0.3) is 0 Å². The average molecular weight is 221 g/mol. The molecule has 0 spiro atoms. The van der Waals surface area contributed by atoms with Crippen LogP contribution in [0, 0.1) is 12.7 Å². The Kier molecular flexibility index (Phi) is 2.86. The Labute approximate surface area is 94.4 Å². The van der Waals surface area contributed by atoms with E-state index in [1.165, 1.54) is 11.6 Å². The van der Waals surface area contributed by atoms with Crippen molar-refractivity contribution >= 4 is 10.9 Å². The molecule has 0 amide bonds. The summed E-state index contributed by atoms with van der Waals surface area (Å²) in [4.78, 5) is 3.10. The van der Waals surface area contributed by atoms with Crippen molar-refractivity contribution in [3.63, 3.8) is 0 Å². The molecule has 0 radical (unpaired) electrons. The van der Waals surface area contributed by atoms with Gasteiger partial charge in [-0.25, -0.2) is 4.39 Å². The number of methoxy groups -OCH3 is 1. The normalized spacial score (nSPS) is 11.0. The summed E-state index contributed by atoms with van der Waals surface area (Å²) in [6.45, 7) is 4.10. The van der Waals surface area contributed by atoms with Crippen LogP contribution in [0.4, 0.5) is 4.39 Å². The maximum atomic E-state index is 13.8. The number of nitrogens with one attached hydrogen (secondary N) is 1. The number of aromatic nitrogens is 1. The Hall–Kier alpha value is -1.51. The summed E-state index contributed by atoms with van der Waals surface area (Å²) in [5.74, 6) is 0.321. The van der Waals surface area contributed by atoms with E-state index in [2.05, 4.69) is 11.9 Å². The molecule has 1 aromatic heterocycles. The van der Waals surface area contributed by atoms with E-state index in [-0.39, 0.29) is 5.82 Å². The lowest BCUT2D eigenvalue weighted by Gasteiger charge is -2.02. The number of H-pyrrole nitrogens is 1. The van der Waals surface area contributed by atoms with Gasteiger partial charge in [0.05, 0.1) is 12.6 Å². The van der Waals surface area contributed by atoms with E-state index in [1.54, 1.807) is 7.11 Å². The highest BCUT2D eigenvalue weighted by Crippen LogP contribution is 2.29. The van der Waals surface area contributed by atoms with Crippen molar-refractivity contribution in [3.05, 3.63) is 29.2 Å². The molecule has 1 N–H and O–H groups in total. The summed E-state index contributed by atoms with van der Waals surface area (Å²) in [6.07, 6.45) is 2.01. The molecule has 2 aromatic rings. The van der Waals surface area contributed by atoms with Gasteiger partial charge in [0.2, 0.25) is 0 Å². The number of ether oxygens (including phenoxy) is 1. The zero-order chi connectivity index (χ0) is 11.7. The molecule has 0 aliphatic heterocycles. The minimum Gasteiger partial charge on any atom is -0.497 e. The maximum Gasteiger partial charge on any atom is 0.150 e. The van der Waals surface area contributed by atoms with Crippen LogP contribution in [0.15, 0.2) is 12.1 Å². The molecular formula is C13H16FNO. The average Bonchev–Trinajstić information content (AvgIpc) is 2.58. The minimum absolute atomic E-state index is 0.250. The Morgan fingerprint density at radius 3 is 2.75 bits per heavy atom. The first kappa shape index (κ1) is 11.0. The van der Waals surface area contributed by atoms with Crippen molar-refractivity contribution in [1.82, 2.24) is 4.98 Å². The Balaban J connectivity index is 2.70. The molecule has 0 unspecified atom stereocenters. The van der Waals surface area contributed by atoms with Crippen LogP contribution in [-0.4, -0.2) is 12.1 Å². The van der Waals surface area contributed by atoms with E-state index in [9.17, 15) is 4.39 Å². The van der Waals surface area contributed by atoms with E-state index >= 15 is 0 Å². The molecule has 86 valence electrons. The van der Waals surface area contributed by atoms with Gasteiger partial charge in [-0.1, -0.05) is 13.3 Å². The van der Waals surface area contributed by atoms with Crippen LogP contribution >= 0.6 is 0 Å². The molecule has 0 saturated heterocycles. The predicted molar refractivity (Wildman–Crippen MR) is 63.5 cm³/mol. The molecule has 2 nitrogen and oxygen atoms in total. The fourth-order valence-electron chi connectivity index (χ4n) is 2.10. The number of benzene rings is 1.